The van der Waals surface area contributed by atoms with E-state index in [0.717, 1.165) is 11.3 Å². The predicted octanol–water partition coefficient (Wildman–Crippen LogP) is 1.89. The molecule has 0 aliphatic carbocycles. The van der Waals surface area contributed by atoms with Gasteiger partial charge < -0.3 is 4.90 Å². The first kappa shape index (κ1) is 13.9. The summed E-state index contributed by atoms with van der Waals surface area (Å²) in [6.07, 6.45) is 2.59. The molecule has 18 heavy (non-hydrogen) atoms. The van der Waals surface area contributed by atoms with Gasteiger partial charge in [0.1, 0.15) is 9.23 Å². The standard InChI is InChI=1S/C9H9Cl2N3O2S2/c10-8-3-7(9(11)17-8)18(15,16)13-6-1-2-14(4-6)5-12/h3,6,13H,1-2,4H2. The summed E-state index contributed by atoms with van der Waals surface area (Å²) in [7, 11) is -3.68. The highest BCUT2D eigenvalue weighted by Crippen LogP contribution is 2.34. The van der Waals surface area contributed by atoms with Gasteiger partial charge >= 0.3 is 0 Å². The minimum Gasteiger partial charge on any atom is -0.309 e. The van der Waals surface area contributed by atoms with E-state index in [1.807, 2.05) is 6.19 Å². The van der Waals surface area contributed by atoms with Crippen LogP contribution in [0.4, 0.5) is 0 Å². The first-order chi connectivity index (χ1) is 8.42. The second-order valence-corrected chi connectivity index (χ2v) is 7.81. The molecule has 1 aliphatic heterocycles. The lowest BCUT2D eigenvalue weighted by Crippen LogP contribution is -2.36. The molecular weight excluding hydrogens is 317 g/mol. The number of thiophene rings is 1. The number of halogens is 2. The maximum absolute atomic E-state index is 12.1. The molecule has 0 radical (unpaired) electrons. The van der Waals surface area contributed by atoms with Gasteiger partial charge in [0.25, 0.3) is 0 Å². The Morgan fingerprint density at radius 2 is 2.28 bits per heavy atom. The van der Waals surface area contributed by atoms with Gasteiger partial charge in [-0.1, -0.05) is 23.2 Å². The molecule has 1 fully saturated rings. The molecular formula is C9H9Cl2N3O2S2. The van der Waals surface area contributed by atoms with Crippen LogP contribution >= 0.6 is 34.5 Å². The van der Waals surface area contributed by atoms with Crippen LogP contribution in [-0.4, -0.2) is 32.4 Å². The van der Waals surface area contributed by atoms with Gasteiger partial charge in [-0.3, -0.25) is 0 Å². The quantitative estimate of drug-likeness (QED) is 0.861. The summed E-state index contributed by atoms with van der Waals surface area (Å²) in [5.74, 6) is 0. The van der Waals surface area contributed by atoms with Crippen molar-refractivity contribution >= 4 is 44.6 Å². The molecule has 0 amide bonds. The van der Waals surface area contributed by atoms with Crippen molar-refractivity contribution in [3.8, 4) is 6.19 Å². The molecule has 0 bridgehead atoms. The maximum Gasteiger partial charge on any atom is 0.243 e. The van der Waals surface area contributed by atoms with Gasteiger partial charge in [0.05, 0.1) is 4.34 Å². The van der Waals surface area contributed by atoms with Crippen molar-refractivity contribution in [3.05, 3.63) is 14.7 Å². The van der Waals surface area contributed by atoms with E-state index in [0.29, 0.717) is 23.8 Å². The van der Waals surface area contributed by atoms with Crippen LogP contribution in [0.25, 0.3) is 0 Å². The molecule has 1 aliphatic rings. The van der Waals surface area contributed by atoms with Crippen LogP contribution in [0, 0.1) is 11.5 Å². The second kappa shape index (κ2) is 5.23. The Kier molecular flexibility index (Phi) is 4.04. The molecule has 5 nitrogen and oxygen atoms in total. The van der Waals surface area contributed by atoms with Crippen LogP contribution in [0.15, 0.2) is 11.0 Å². The average Bonchev–Trinajstić information content (AvgIpc) is 2.84. The van der Waals surface area contributed by atoms with E-state index in [4.69, 9.17) is 28.5 Å². The summed E-state index contributed by atoms with van der Waals surface area (Å²) in [5, 5.41) is 8.71. The van der Waals surface area contributed by atoms with Crippen molar-refractivity contribution in [2.75, 3.05) is 13.1 Å². The Hall–Kier alpha value is -0.520. The molecule has 2 rings (SSSR count). The highest BCUT2D eigenvalue weighted by Gasteiger charge is 2.28. The van der Waals surface area contributed by atoms with E-state index in [2.05, 4.69) is 4.72 Å². The fraction of sp³-hybridized carbons (Fsp3) is 0.444. The zero-order chi connectivity index (χ0) is 13.3. The third kappa shape index (κ3) is 2.90. The Morgan fingerprint density at radius 3 is 2.78 bits per heavy atom. The summed E-state index contributed by atoms with van der Waals surface area (Å²) in [6.45, 7) is 0.938. The van der Waals surface area contributed by atoms with E-state index in [1.54, 1.807) is 0 Å². The van der Waals surface area contributed by atoms with Crippen LogP contribution in [0.3, 0.4) is 0 Å². The number of likely N-dealkylation sites (tertiary alicyclic amines) is 1. The lowest BCUT2D eigenvalue weighted by Gasteiger charge is -2.12. The highest BCUT2D eigenvalue weighted by atomic mass is 35.5. The van der Waals surface area contributed by atoms with E-state index in [9.17, 15) is 8.42 Å². The number of rotatable bonds is 3. The Labute approximate surface area is 119 Å². The average molecular weight is 326 g/mol. The van der Waals surface area contributed by atoms with Crippen molar-refractivity contribution in [2.24, 2.45) is 0 Å². The summed E-state index contributed by atoms with van der Waals surface area (Å²) in [6, 6.07) is 1.05. The van der Waals surface area contributed by atoms with Crippen LogP contribution in [0.1, 0.15) is 6.42 Å². The van der Waals surface area contributed by atoms with Crippen molar-refractivity contribution in [1.82, 2.24) is 9.62 Å². The second-order valence-electron chi connectivity index (χ2n) is 3.84. The van der Waals surface area contributed by atoms with Crippen molar-refractivity contribution < 1.29 is 8.42 Å². The summed E-state index contributed by atoms with van der Waals surface area (Å²) in [5.41, 5.74) is 0. The van der Waals surface area contributed by atoms with Crippen molar-refractivity contribution in [2.45, 2.75) is 17.4 Å². The largest absolute Gasteiger partial charge is 0.309 e. The first-order valence-electron chi connectivity index (χ1n) is 5.04. The number of nitriles is 1. The van der Waals surface area contributed by atoms with Gasteiger partial charge in [-0.2, -0.15) is 5.26 Å². The number of nitrogens with one attached hydrogen (secondary N) is 1. The third-order valence-corrected chi connectivity index (χ3v) is 5.84. The Bertz CT molecular complexity index is 593. The van der Waals surface area contributed by atoms with Crippen LogP contribution < -0.4 is 4.72 Å². The minimum absolute atomic E-state index is 0.00502. The maximum atomic E-state index is 12.1. The van der Waals surface area contributed by atoms with Crippen molar-refractivity contribution in [3.63, 3.8) is 0 Å². The summed E-state index contributed by atoms with van der Waals surface area (Å²) in [4.78, 5) is 1.50. The number of hydrogen-bond acceptors (Lipinski definition) is 5. The number of sulfonamides is 1. The van der Waals surface area contributed by atoms with Crippen LogP contribution in [0.2, 0.25) is 8.67 Å². The fourth-order valence-electron chi connectivity index (χ4n) is 1.74. The van der Waals surface area contributed by atoms with Crippen LogP contribution in [0.5, 0.6) is 0 Å². The van der Waals surface area contributed by atoms with Gasteiger partial charge in [-0.05, 0) is 12.5 Å². The first-order valence-corrected chi connectivity index (χ1v) is 8.10. The third-order valence-electron chi connectivity index (χ3n) is 2.57. The topological polar surface area (TPSA) is 73.2 Å². The molecule has 9 heteroatoms. The smallest absolute Gasteiger partial charge is 0.243 e. The summed E-state index contributed by atoms with van der Waals surface area (Å²) < 4.78 is 27.1. The van der Waals surface area contributed by atoms with Gasteiger partial charge in [-0.15, -0.1) is 11.3 Å². The normalized spacial score (nSPS) is 20.1. The van der Waals surface area contributed by atoms with E-state index < -0.39 is 10.0 Å². The fourth-order valence-corrected chi connectivity index (χ4v) is 5.15. The number of nitrogens with zero attached hydrogens (tertiary/aromatic N) is 2. The SMILES string of the molecule is N#CN1CCC(NS(=O)(=O)c2cc(Cl)sc2Cl)C1. The molecule has 2 heterocycles. The van der Waals surface area contributed by atoms with Crippen molar-refractivity contribution in [1.29, 1.82) is 5.26 Å². The summed E-state index contributed by atoms with van der Waals surface area (Å²) >= 11 is 12.6. The Balaban J connectivity index is 2.14. The molecule has 0 spiro atoms. The molecule has 1 atom stereocenters. The van der Waals surface area contributed by atoms with E-state index in [1.165, 1.54) is 11.0 Å². The lowest BCUT2D eigenvalue weighted by molar-refractivity contribution is 0.470. The monoisotopic (exact) mass is 325 g/mol. The van der Waals surface area contributed by atoms with Gasteiger partial charge in [0.2, 0.25) is 10.0 Å². The Morgan fingerprint density at radius 1 is 1.56 bits per heavy atom. The zero-order valence-electron chi connectivity index (χ0n) is 9.06. The highest BCUT2D eigenvalue weighted by molar-refractivity contribution is 7.89. The predicted molar refractivity (Wildman–Crippen MR) is 70.3 cm³/mol. The van der Waals surface area contributed by atoms with Gasteiger partial charge in [-0.25, -0.2) is 13.1 Å². The molecule has 1 saturated heterocycles. The van der Waals surface area contributed by atoms with E-state index >= 15 is 0 Å². The minimum atomic E-state index is -3.68. The molecule has 0 saturated carbocycles. The molecule has 1 aromatic rings. The zero-order valence-corrected chi connectivity index (χ0v) is 12.2. The molecule has 1 N–H and O–H groups in total. The number of hydrogen-bond donors (Lipinski definition) is 1. The lowest BCUT2D eigenvalue weighted by atomic mass is 10.3. The van der Waals surface area contributed by atoms with E-state index in [-0.39, 0.29) is 15.3 Å². The molecule has 0 aromatic carbocycles. The van der Waals surface area contributed by atoms with Gasteiger partial charge in [0, 0.05) is 19.1 Å². The van der Waals surface area contributed by atoms with Gasteiger partial charge in [0.15, 0.2) is 6.19 Å². The molecule has 98 valence electrons. The molecule has 1 unspecified atom stereocenters. The van der Waals surface area contributed by atoms with Crippen LogP contribution in [-0.2, 0) is 10.0 Å². The molecule has 1 aromatic heterocycles.